The van der Waals surface area contributed by atoms with Crippen LogP contribution in [0.15, 0.2) is 48.5 Å². The van der Waals surface area contributed by atoms with E-state index in [1.807, 2.05) is 48.2 Å². The highest BCUT2D eigenvalue weighted by Crippen LogP contribution is 2.15. The minimum Gasteiger partial charge on any atom is -0.398 e. The first-order valence-corrected chi connectivity index (χ1v) is 7.27. The van der Waals surface area contributed by atoms with Crippen molar-refractivity contribution >= 4 is 11.6 Å². The largest absolute Gasteiger partial charge is 0.398 e. The minimum atomic E-state index is 0.110. The van der Waals surface area contributed by atoms with Crippen LogP contribution in [0.2, 0.25) is 0 Å². The molecule has 3 nitrogen and oxygen atoms in total. The molecule has 0 unspecified atom stereocenters. The van der Waals surface area contributed by atoms with E-state index in [4.69, 9.17) is 5.73 Å². The van der Waals surface area contributed by atoms with Crippen molar-refractivity contribution in [3.05, 3.63) is 65.2 Å². The second-order valence-electron chi connectivity index (χ2n) is 5.21. The second-order valence-corrected chi connectivity index (χ2v) is 5.21. The predicted molar refractivity (Wildman–Crippen MR) is 86.8 cm³/mol. The maximum absolute atomic E-state index is 12.5. The fourth-order valence-corrected chi connectivity index (χ4v) is 2.34. The number of nitrogens with two attached hydrogens (primary N) is 1. The minimum absolute atomic E-state index is 0.110. The lowest BCUT2D eigenvalue weighted by atomic mass is 10.1. The van der Waals surface area contributed by atoms with Crippen LogP contribution in [0.3, 0.4) is 0 Å². The van der Waals surface area contributed by atoms with Crippen LogP contribution in [0.4, 0.5) is 5.69 Å². The van der Waals surface area contributed by atoms with Crippen LogP contribution in [-0.2, 0) is 17.8 Å². The van der Waals surface area contributed by atoms with Gasteiger partial charge in [0.05, 0.1) is 6.42 Å². The van der Waals surface area contributed by atoms with Gasteiger partial charge in [-0.1, -0.05) is 42.5 Å². The van der Waals surface area contributed by atoms with Crippen molar-refractivity contribution in [2.24, 2.45) is 0 Å². The van der Waals surface area contributed by atoms with E-state index < -0.39 is 0 Å². The molecular formula is C18H22N2O. The third-order valence-electron chi connectivity index (χ3n) is 3.75. The molecule has 0 aromatic heterocycles. The SMILES string of the molecule is CCN(Cc1ccccc1C)C(=O)Cc1ccccc1N. The summed E-state index contributed by atoms with van der Waals surface area (Å²) in [5.74, 6) is 0.110. The lowest BCUT2D eigenvalue weighted by Crippen LogP contribution is -2.32. The number of hydrogen-bond donors (Lipinski definition) is 1. The molecular weight excluding hydrogens is 260 g/mol. The molecule has 1 amide bonds. The summed E-state index contributed by atoms with van der Waals surface area (Å²) >= 11 is 0. The highest BCUT2D eigenvalue weighted by molar-refractivity contribution is 5.80. The van der Waals surface area contributed by atoms with Crippen LogP contribution in [0.1, 0.15) is 23.6 Å². The molecule has 0 saturated carbocycles. The molecule has 0 aliphatic heterocycles. The number of para-hydroxylation sites is 1. The van der Waals surface area contributed by atoms with Crippen LogP contribution < -0.4 is 5.73 Å². The topological polar surface area (TPSA) is 46.3 Å². The molecule has 2 aromatic rings. The molecule has 0 aliphatic carbocycles. The molecule has 0 atom stereocenters. The zero-order valence-corrected chi connectivity index (χ0v) is 12.7. The Bertz CT molecular complexity index is 622. The Morgan fingerprint density at radius 2 is 1.67 bits per heavy atom. The lowest BCUT2D eigenvalue weighted by Gasteiger charge is -2.22. The van der Waals surface area contributed by atoms with E-state index in [-0.39, 0.29) is 5.91 Å². The van der Waals surface area contributed by atoms with Gasteiger partial charge in [-0.25, -0.2) is 0 Å². The van der Waals surface area contributed by atoms with Gasteiger partial charge in [-0.15, -0.1) is 0 Å². The van der Waals surface area contributed by atoms with Gasteiger partial charge in [-0.05, 0) is 36.6 Å². The first kappa shape index (κ1) is 15.1. The van der Waals surface area contributed by atoms with Crippen molar-refractivity contribution in [2.45, 2.75) is 26.8 Å². The maximum Gasteiger partial charge on any atom is 0.227 e. The van der Waals surface area contributed by atoms with Crippen LogP contribution >= 0.6 is 0 Å². The molecule has 2 rings (SSSR count). The van der Waals surface area contributed by atoms with Crippen molar-refractivity contribution in [1.82, 2.24) is 4.90 Å². The summed E-state index contributed by atoms with van der Waals surface area (Å²) in [7, 11) is 0. The van der Waals surface area contributed by atoms with Crippen molar-refractivity contribution < 1.29 is 4.79 Å². The summed E-state index contributed by atoms with van der Waals surface area (Å²) in [6, 6.07) is 15.7. The molecule has 110 valence electrons. The fourth-order valence-electron chi connectivity index (χ4n) is 2.34. The summed E-state index contributed by atoms with van der Waals surface area (Å²) in [5.41, 5.74) is 9.89. The summed E-state index contributed by atoms with van der Waals surface area (Å²) < 4.78 is 0. The zero-order valence-electron chi connectivity index (χ0n) is 12.7. The molecule has 2 aromatic carbocycles. The van der Waals surface area contributed by atoms with Crippen LogP contribution in [0, 0.1) is 6.92 Å². The zero-order chi connectivity index (χ0) is 15.2. The van der Waals surface area contributed by atoms with Gasteiger partial charge in [0.1, 0.15) is 0 Å². The van der Waals surface area contributed by atoms with Gasteiger partial charge in [-0.2, -0.15) is 0 Å². The quantitative estimate of drug-likeness (QED) is 0.856. The number of benzene rings is 2. The summed E-state index contributed by atoms with van der Waals surface area (Å²) in [6.07, 6.45) is 0.354. The predicted octanol–water partition coefficient (Wildman–Crippen LogP) is 3.17. The van der Waals surface area contributed by atoms with Gasteiger partial charge in [0, 0.05) is 18.8 Å². The van der Waals surface area contributed by atoms with Crippen LogP contribution in [-0.4, -0.2) is 17.4 Å². The van der Waals surface area contributed by atoms with Gasteiger partial charge in [-0.3, -0.25) is 4.79 Å². The first-order chi connectivity index (χ1) is 10.1. The number of likely N-dealkylation sites (N-methyl/N-ethyl adjacent to an activating group) is 1. The second kappa shape index (κ2) is 6.93. The summed E-state index contributed by atoms with van der Waals surface area (Å²) in [6.45, 7) is 5.42. The van der Waals surface area contributed by atoms with Gasteiger partial charge < -0.3 is 10.6 Å². The highest BCUT2D eigenvalue weighted by atomic mass is 16.2. The van der Waals surface area contributed by atoms with Crippen LogP contribution in [0.25, 0.3) is 0 Å². The number of anilines is 1. The molecule has 0 fully saturated rings. The number of amides is 1. The molecule has 2 N–H and O–H groups in total. The standard InChI is InChI=1S/C18H22N2O/c1-3-20(13-16-10-5-4-8-14(16)2)18(21)12-15-9-6-7-11-17(15)19/h4-11H,3,12-13,19H2,1-2H3. The number of aryl methyl sites for hydroxylation is 1. The smallest absolute Gasteiger partial charge is 0.227 e. The van der Waals surface area contributed by atoms with E-state index in [0.29, 0.717) is 25.2 Å². The average molecular weight is 282 g/mol. The Morgan fingerprint density at radius 1 is 1.05 bits per heavy atom. The fraction of sp³-hybridized carbons (Fsp3) is 0.278. The van der Waals surface area contributed by atoms with Crippen molar-refractivity contribution in [3.8, 4) is 0 Å². The van der Waals surface area contributed by atoms with E-state index in [1.54, 1.807) is 0 Å². The summed E-state index contributed by atoms with van der Waals surface area (Å²) in [4.78, 5) is 14.4. The number of nitrogens with zero attached hydrogens (tertiary/aromatic N) is 1. The van der Waals surface area contributed by atoms with E-state index in [2.05, 4.69) is 19.1 Å². The third kappa shape index (κ3) is 3.85. The molecule has 0 heterocycles. The highest BCUT2D eigenvalue weighted by Gasteiger charge is 2.14. The average Bonchev–Trinajstić information content (AvgIpc) is 2.48. The van der Waals surface area contributed by atoms with E-state index in [9.17, 15) is 4.79 Å². The molecule has 21 heavy (non-hydrogen) atoms. The Hall–Kier alpha value is -2.29. The number of hydrogen-bond acceptors (Lipinski definition) is 2. The van der Waals surface area contributed by atoms with E-state index >= 15 is 0 Å². The van der Waals surface area contributed by atoms with E-state index in [0.717, 1.165) is 5.56 Å². The third-order valence-corrected chi connectivity index (χ3v) is 3.75. The maximum atomic E-state index is 12.5. The Kier molecular flexibility index (Phi) is 4.99. The number of carbonyl (C=O) groups excluding carboxylic acids is 1. The lowest BCUT2D eigenvalue weighted by molar-refractivity contribution is -0.130. The molecule has 0 spiro atoms. The molecule has 3 heteroatoms. The van der Waals surface area contributed by atoms with Gasteiger partial charge in [0.2, 0.25) is 5.91 Å². The van der Waals surface area contributed by atoms with E-state index in [1.165, 1.54) is 11.1 Å². The van der Waals surface area contributed by atoms with Crippen molar-refractivity contribution in [2.75, 3.05) is 12.3 Å². The monoisotopic (exact) mass is 282 g/mol. The molecule has 0 bridgehead atoms. The van der Waals surface area contributed by atoms with Gasteiger partial charge in [0.25, 0.3) is 0 Å². The van der Waals surface area contributed by atoms with Crippen molar-refractivity contribution in [3.63, 3.8) is 0 Å². The van der Waals surface area contributed by atoms with Gasteiger partial charge in [0.15, 0.2) is 0 Å². The normalized spacial score (nSPS) is 10.4. The van der Waals surface area contributed by atoms with Gasteiger partial charge >= 0.3 is 0 Å². The Labute approximate surface area is 126 Å². The molecule has 0 radical (unpaired) electrons. The van der Waals surface area contributed by atoms with Crippen LogP contribution in [0.5, 0.6) is 0 Å². The molecule has 0 aliphatic rings. The summed E-state index contributed by atoms with van der Waals surface area (Å²) in [5, 5.41) is 0. The number of rotatable bonds is 5. The Morgan fingerprint density at radius 3 is 2.29 bits per heavy atom. The number of carbonyl (C=O) groups is 1. The first-order valence-electron chi connectivity index (χ1n) is 7.27. The van der Waals surface area contributed by atoms with Crippen molar-refractivity contribution in [1.29, 1.82) is 0 Å². The number of nitrogen functional groups attached to an aromatic ring is 1. The molecule has 0 saturated heterocycles. The Balaban J connectivity index is 2.09.